The van der Waals surface area contributed by atoms with Crippen molar-refractivity contribution in [1.29, 1.82) is 0 Å². The van der Waals surface area contributed by atoms with E-state index in [4.69, 9.17) is 10.5 Å². The Hall–Kier alpha value is -0.900. The van der Waals surface area contributed by atoms with Gasteiger partial charge in [-0.05, 0) is 19.9 Å². The molecule has 0 saturated carbocycles. The molecule has 3 heteroatoms. The Morgan fingerprint density at radius 1 is 1.38 bits per heavy atom. The summed E-state index contributed by atoms with van der Waals surface area (Å²) in [6, 6.07) is 10.3. The van der Waals surface area contributed by atoms with E-state index < -0.39 is 5.72 Å². The first-order valence-electron chi connectivity index (χ1n) is 5.79. The maximum Gasteiger partial charge on any atom is 0.162 e. The number of hydrogen-bond donors (Lipinski definition) is 1. The molecule has 0 aliphatic carbocycles. The van der Waals surface area contributed by atoms with Gasteiger partial charge in [0.1, 0.15) is 0 Å². The number of hydrogen-bond acceptors (Lipinski definition) is 3. The Morgan fingerprint density at radius 2 is 2.06 bits per heavy atom. The number of benzene rings is 1. The highest BCUT2D eigenvalue weighted by molar-refractivity contribution is 5.25. The molecule has 1 saturated heterocycles. The summed E-state index contributed by atoms with van der Waals surface area (Å²) >= 11 is 0. The van der Waals surface area contributed by atoms with Crippen LogP contribution in [0.25, 0.3) is 0 Å². The highest BCUT2D eigenvalue weighted by Crippen LogP contribution is 2.36. The maximum absolute atomic E-state index is 6.28. The normalized spacial score (nSPS) is 31.6. The minimum atomic E-state index is -0.459. The average molecular weight is 220 g/mol. The predicted molar refractivity (Wildman–Crippen MR) is 65.0 cm³/mol. The molecule has 0 radical (unpaired) electrons. The lowest BCUT2D eigenvalue weighted by Gasteiger charge is -2.48. The molecule has 1 aromatic carbocycles. The lowest BCUT2D eigenvalue weighted by molar-refractivity contribution is -0.165. The van der Waals surface area contributed by atoms with Gasteiger partial charge in [0.2, 0.25) is 0 Å². The fourth-order valence-corrected chi connectivity index (χ4v) is 2.73. The van der Waals surface area contributed by atoms with Crippen LogP contribution >= 0.6 is 0 Å². The SMILES string of the molecule is COC1(c2ccccc2)C(N)CCCN1C. The fraction of sp³-hybridized carbons (Fsp3) is 0.538. The number of likely N-dealkylation sites (N-methyl/N-ethyl adjacent to an activating group) is 1. The Morgan fingerprint density at radius 3 is 2.62 bits per heavy atom. The first-order chi connectivity index (χ1) is 7.71. The van der Waals surface area contributed by atoms with Gasteiger partial charge in [-0.25, -0.2) is 0 Å². The van der Waals surface area contributed by atoms with E-state index >= 15 is 0 Å². The van der Waals surface area contributed by atoms with Gasteiger partial charge in [-0.2, -0.15) is 0 Å². The van der Waals surface area contributed by atoms with Crippen LogP contribution in [0.5, 0.6) is 0 Å². The molecule has 1 aromatic rings. The summed E-state index contributed by atoms with van der Waals surface area (Å²) in [4.78, 5) is 2.22. The molecule has 16 heavy (non-hydrogen) atoms. The second-order valence-electron chi connectivity index (χ2n) is 4.44. The van der Waals surface area contributed by atoms with Crippen LogP contribution in [0.2, 0.25) is 0 Å². The fourth-order valence-electron chi connectivity index (χ4n) is 2.73. The molecule has 2 unspecified atom stereocenters. The molecule has 0 spiro atoms. The lowest BCUT2D eigenvalue weighted by Crippen LogP contribution is -2.60. The molecule has 2 rings (SSSR count). The highest BCUT2D eigenvalue weighted by Gasteiger charge is 2.44. The Labute approximate surface area is 97.2 Å². The van der Waals surface area contributed by atoms with Gasteiger partial charge in [-0.3, -0.25) is 4.90 Å². The van der Waals surface area contributed by atoms with Crippen LogP contribution in [-0.4, -0.2) is 31.6 Å². The minimum absolute atomic E-state index is 0.0265. The summed E-state index contributed by atoms with van der Waals surface area (Å²) in [7, 11) is 3.82. The third-order valence-electron chi connectivity index (χ3n) is 3.58. The zero-order valence-electron chi connectivity index (χ0n) is 10.0. The smallest absolute Gasteiger partial charge is 0.162 e. The third-order valence-corrected chi connectivity index (χ3v) is 3.58. The van der Waals surface area contributed by atoms with Crippen LogP contribution in [0.4, 0.5) is 0 Å². The predicted octanol–water partition coefficient (Wildman–Crippen LogP) is 1.54. The van der Waals surface area contributed by atoms with Crippen molar-refractivity contribution in [1.82, 2.24) is 4.90 Å². The lowest BCUT2D eigenvalue weighted by atomic mass is 9.87. The van der Waals surface area contributed by atoms with Gasteiger partial charge in [0.05, 0.1) is 6.04 Å². The van der Waals surface area contributed by atoms with Crippen molar-refractivity contribution in [2.75, 3.05) is 20.7 Å². The summed E-state index contributed by atoms with van der Waals surface area (Å²) in [5.74, 6) is 0. The summed E-state index contributed by atoms with van der Waals surface area (Å²) < 4.78 is 5.79. The molecule has 1 fully saturated rings. The van der Waals surface area contributed by atoms with Gasteiger partial charge < -0.3 is 10.5 Å². The van der Waals surface area contributed by atoms with Crippen molar-refractivity contribution >= 4 is 0 Å². The molecule has 0 amide bonds. The van der Waals surface area contributed by atoms with E-state index in [9.17, 15) is 0 Å². The quantitative estimate of drug-likeness (QED) is 0.821. The molecule has 1 heterocycles. The van der Waals surface area contributed by atoms with Crippen LogP contribution in [0, 0.1) is 0 Å². The summed E-state index contributed by atoms with van der Waals surface area (Å²) in [5, 5.41) is 0. The van der Waals surface area contributed by atoms with E-state index in [1.807, 2.05) is 18.2 Å². The van der Waals surface area contributed by atoms with Crippen LogP contribution in [0.3, 0.4) is 0 Å². The minimum Gasteiger partial charge on any atom is -0.358 e. The molecular weight excluding hydrogens is 200 g/mol. The monoisotopic (exact) mass is 220 g/mol. The number of ether oxygens (including phenoxy) is 1. The Balaban J connectivity index is 2.44. The van der Waals surface area contributed by atoms with E-state index in [0.29, 0.717) is 0 Å². The van der Waals surface area contributed by atoms with Crippen molar-refractivity contribution in [2.45, 2.75) is 24.6 Å². The molecular formula is C13H20N2O. The Kier molecular flexibility index (Phi) is 3.28. The zero-order valence-corrected chi connectivity index (χ0v) is 10.0. The number of nitrogens with two attached hydrogens (primary N) is 1. The molecule has 88 valence electrons. The van der Waals surface area contributed by atoms with Crippen LogP contribution in [0.15, 0.2) is 30.3 Å². The molecule has 2 N–H and O–H groups in total. The van der Waals surface area contributed by atoms with Crippen molar-refractivity contribution < 1.29 is 4.74 Å². The van der Waals surface area contributed by atoms with Gasteiger partial charge >= 0.3 is 0 Å². The maximum atomic E-state index is 6.28. The van der Waals surface area contributed by atoms with Crippen LogP contribution in [-0.2, 0) is 10.5 Å². The number of piperidine rings is 1. The van der Waals surface area contributed by atoms with E-state index in [-0.39, 0.29) is 6.04 Å². The van der Waals surface area contributed by atoms with E-state index in [1.165, 1.54) is 0 Å². The second-order valence-corrected chi connectivity index (χ2v) is 4.44. The second kappa shape index (κ2) is 4.53. The molecule has 0 aromatic heterocycles. The molecule has 1 aliphatic rings. The van der Waals surface area contributed by atoms with Gasteiger partial charge in [-0.1, -0.05) is 30.3 Å². The average Bonchev–Trinajstić information content (AvgIpc) is 2.31. The van der Waals surface area contributed by atoms with E-state index in [0.717, 1.165) is 24.9 Å². The van der Waals surface area contributed by atoms with Gasteiger partial charge in [0.25, 0.3) is 0 Å². The molecule has 3 nitrogen and oxygen atoms in total. The number of rotatable bonds is 2. The molecule has 1 aliphatic heterocycles. The summed E-state index contributed by atoms with van der Waals surface area (Å²) in [6.45, 7) is 1.02. The third kappa shape index (κ3) is 1.65. The van der Waals surface area contributed by atoms with Crippen molar-refractivity contribution in [2.24, 2.45) is 5.73 Å². The van der Waals surface area contributed by atoms with Gasteiger partial charge in [-0.15, -0.1) is 0 Å². The first-order valence-corrected chi connectivity index (χ1v) is 5.79. The van der Waals surface area contributed by atoms with Crippen molar-refractivity contribution in [3.05, 3.63) is 35.9 Å². The zero-order chi connectivity index (χ0) is 11.6. The largest absolute Gasteiger partial charge is 0.358 e. The van der Waals surface area contributed by atoms with E-state index in [2.05, 4.69) is 24.1 Å². The molecule has 2 atom stereocenters. The molecule has 0 bridgehead atoms. The standard InChI is InChI=1S/C13H20N2O/c1-15-10-6-9-12(14)13(15,16-2)11-7-4-3-5-8-11/h3-5,7-8,12H,6,9-10,14H2,1-2H3. The van der Waals surface area contributed by atoms with Crippen LogP contribution < -0.4 is 5.73 Å². The van der Waals surface area contributed by atoms with Crippen LogP contribution in [0.1, 0.15) is 18.4 Å². The Bertz CT molecular complexity index is 329. The highest BCUT2D eigenvalue weighted by atomic mass is 16.5. The summed E-state index contributed by atoms with van der Waals surface area (Å²) in [5.41, 5.74) is 6.97. The van der Waals surface area contributed by atoms with Crippen molar-refractivity contribution in [3.63, 3.8) is 0 Å². The van der Waals surface area contributed by atoms with E-state index in [1.54, 1.807) is 7.11 Å². The van der Waals surface area contributed by atoms with Gasteiger partial charge in [0.15, 0.2) is 5.72 Å². The first kappa shape index (κ1) is 11.6. The number of nitrogens with zero attached hydrogens (tertiary/aromatic N) is 1. The van der Waals surface area contributed by atoms with Gasteiger partial charge in [0, 0.05) is 19.2 Å². The number of likely N-dealkylation sites (tertiary alicyclic amines) is 1. The topological polar surface area (TPSA) is 38.5 Å². The van der Waals surface area contributed by atoms with Crippen molar-refractivity contribution in [3.8, 4) is 0 Å². The summed E-state index contributed by atoms with van der Waals surface area (Å²) in [6.07, 6.45) is 2.14. The number of methoxy groups -OCH3 is 1.